The molecule has 146 valence electrons. The van der Waals surface area contributed by atoms with Crippen molar-refractivity contribution in [2.24, 2.45) is 0 Å². The number of para-hydroxylation sites is 1. The zero-order valence-corrected chi connectivity index (χ0v) is 16.1. The fourth-order valence-corrected chi connectivity index (χ4v) is 3.85. The second kappa shape index (κ2) is 8.39. The molecule has 28 heavy (non-hydrogen) atoms. The molecule has 0 aliphatic carbocycles. The van der Waals surface area contributed by atoms with Gasteiger partial charge < -0.3 is 10.3 Å². The molecule has 1 saturated heterocycles. The van der Waals surface area contributed by atoms with Crippen molar-refractivity contribution in [1.82, 2.24) is 30.0 Å². The van der Waals surface area contributed by atoms with Crippen LogP contribution in [0.5, 0.6) is 0 Å². The largest absolute Gasteiger partial charge is 0.352 e. The quantitative estimate of drug-likeness (QED) is 0.691. The normalized spacial score (nSPS) is 17.5. The third kappa shape index (κ3) is 3.99. The van der Waals surface area contributed by atoms with E-state index >= 15 is 0 Å². The van der Waals surface area contributed by atoms with Gasteiger partial charge >= 0.3 is 0 Å². The minimum atomic E-state index is -0.0529. The van der Waals surface area contributed by atoms with E-state index in [9.17, 15) is 4.79 Å². The fourth-order valence-electron chi connectivity index (χ4n) is 3.85. The first-order valence-corrected chi connectivity index (χ1v) is 9.88. The summed E-state index contributed by atoms with van der Waals surface area (Å²) >= 11 is 0. The molecule has 1 fully saturated rings. The molecule has 1 aromatic carbocycles. The summed E-state index contributed by atoms with van der Waals surface area (Å²) in [6.45, 7) is 5.24. The van der Waals surface area contributed by atoms with E-state index in [1.54, 1.807) is 6.20 Å². The molecule has 4 rings (SSSR count). The number of hydrogen-bond acceptors (Lipinski definition) is 4. The average Bonchev–Trinajstić information content (AvgIpc) is 3.39. The maximum absolute atomic E-state index is 12.7. The standard InChI is InChI=1S/C21H26N6O/c1-2-22-21(28)18-14-27(17-8-4-3-5-9-17)25-20(18)16-7-6-12-26(13-16)15-19-23-10-11-24-19/h3-5,8-11,14,16H,2,6-7,12-13,15H2,1H3,(H,22,28)(H,23,24)/t16-/m0/s1. The molecule has 3 aromatic rings. The summed E-state index contributed by atoms with van der Waals surface area (Å²) in [5.74, 6) is 1.15. The van der Waals surface area contributed by atoms with Gasteiger partial charge in [0, 0.05) is 37.6 Å². The summed E-state index contributed by atoms with van der Waals surface area (Å²) in [6, 6.07) is 9.94. The highest BCUT2D eigenvalue weighted by molar-refractivity contribution is 5.95. The van der Waals surface area contributed by atoms with Gasteiger partial charge in [0.05, 0.1) is 23.5 Å². The second-order valence-corrected chi connectivity index (χ2v) is 7.18. The monoisotopic (exact) mass is 378 g/mol. The number of imidazole rings is 1. The molecule has 0 radical (unpaired) electrons. The number of H-pyrrole nitrogens is 1. The van der Waals surface area contributed by atoms with Crippen molar-refractivity contribution in [3.8, 4) is 5.69 Å². The first-order valence-electron chi connectivity index (χ1n) is 9.88. The summed E-state index contributed by atoms with van der Waals surface area (Å²) in [5, 5.41) is 7.78. The lowest BCUT2D eigenvalue weighted by Gasteiger charge is -2.31. The zero-order valence-electron chi connectivity index (χ0n) is 16.1. The smallest absolute Gasteiger partial charge is 0.254 e. The van der Waals surface area contributed by atoms with Crippen LogP contribution < -0.4 is 5.32 Å². The number of hydrogen-bond donors (Lipinski definition) is 2. The molecule has 1 atom stereocenters. The SMILES string of the molecule is CCNC(=O)c1cn(-c2ccccc2)nc1[C@H]1CCCN(Cc2ncc[nH]2)C1. The Morgan fingerprint density at radius 3 is 2.93 bits per heavy atom. The molecule has 0 bridgehead atoms. The number of nitrogens with one attached hydrogen (secondary N) is 2. The third-order valence-electron chi connectivity index (χ3n) is 5.17. The summed E-state index contributed by atoms with van der Waals surface area (Å²) in [4.78, 5) is 22.6. The van der Waals surface area contributed by atoms with E-state index in [1.165, 1.54) is 0 Å². The molecular formula is C21H26N6O. The first-order chi connectivity index (χ1) is 13.7. The maximum Gasteiger partial charge on any atom is 0.254 e. The minimum absolute atomic E-state index is 0.0529. The van der Waals surface area contributed by atoms with Gasteiger partial charge in [-0.05, 0) is 38.4 Å². The number of likely N-dealkylation sites (tertiary alicyclic amines) is 1. The van der Waals surface area contributed by atoms with Gasteiger partial charge in [-0.1, -0.05) is 18.2 Å². The van der Waals surface area contributed by atoms with E-state index in [0.717, 1.165) is 49.7 Å². The van der Waals surface area contributed by atoms with E-state index in [4.69, 9.17) is 5.10 Å². The predicted octanol–water partition coefficient (Wildman–Crippen LogP) is 2.72. The van der Waals surface area contributed by atoms with Gasteiger partial charge in [-0.2, -0.15) is 5.10 Å². The molecule has 2 aromatic heterocycles. The van der Waals surface area contributed by atoms with Crippen LogP contribution in [0.15, 0.2) is 48.9 Å². The molecule has 3 heterocycles. The lowest BCUT2D eigenvalue weighted by Crippen LogP contribution is -2.35. The molecule has 7 heteroatoms. The molecule has 0 spiro atoms. The number of aromatic nitrogens is 4. The molecular weight excluding hydrogens is 352 g/mol. The number of benzene rings is 1. The molecule has 0 saturated carbocycles. The van der Waals surface area contributed by atoms with E-state index < -0.39 is 0 Å². The Hall–Kier alpha value is -2.93. The molecule has 0 unspecified atom stereocenters. The van der Waals surface area contributed by atoms with Crippen LogP contribution in [0.2, 0.25) is 0 Å². The molecule has 1 aliphatic rings. The number of aromatic amines is 1. The lowest BCUT2D eigenvalue weighted by molar-refractivity contribution is 0.0953. The summed E-state index contributed by atoms with van der Waals surface area (Å²) in [6.07, 6.45) is 7.61. The van der Waals surface area contributed by atoms with Crippen LogP contribution in [-0.4, -0.2) is 50.2 Å². The van der Waals surface area contributed by atoms with E-state index in [2.05, 4.69) is 20.2 Å². The van der Waals surface area contributed by atoms with Crippen molar-refractivity contribution in [2.75, 3.05) is 19.6 Å². The predicted molar refractivity (Wildman–Crippen MR) is 107 cm³/mol. The number of carbonyl (C=O) groups excluding carboxylic acids is 1. The first kappa shape index (κ1) is 18.4. The van der Waals surface area contributed by atoms with E-state index in [0.29, 0.717) is 12.1 Å². The van der Waals surface area contributed by atoms with Crippen molar-refractivity contribution >= 4 is 5.91 Å². The molecule has 2 N–H and O–H groups in total. The van der Waals surface area contributed by atoms with Crippen molar-refractivity contribution in [3.05, 3.63) is 66.0 Å². The van der Waals surface area contributed by atoms with Crippen molar-refractivity contribution in [3.63, 3.8) is 0 Å². The highest BCUT2D eigenvalue weighted by atomic mass is 16.1. The van der Waals surface area contributed by atoms with Crippen LogP contribution in [0, 0.1) is 0 Å². The Labute approximate surface area is 164 Å². The van der Waals surface area contributed by atoms with Crippen LogP contribution >= 0.6 is 0 Å². The van der Waals surface area contributed by atoms with Crippen molar-refractivity contribution in [2.45, 2.75) is 32.2 Å². The number of rotatable bonds is 6. The van der Waals surface area contributed by atoms with Gasteiger partial charge in [-0.25, -0.2) is 9.67 Å². The minimum Gasteiger partial charge on any atom is -0.352 e. The average molecular weight is 378 g/mol. The Morgan fingerprint density at radius 1 is 1.32 bits per heavy atom. The molecule has 1 aliphatic heterocycles. The second-order valence-electron chi connectivity index (χ2n) is 7.18. The van der Waals surface area contributed by atoms with Crippen LogP contribution in [0.3, 0.4) is 0 Å². The third-order valence-corrected chi connectivity index (χ3v) is 5.17. The number of amides is 1. The lowest BCUT2D eigenvalue weighted by atomic mass is 9.92. The highest BCUT2D eigenvalue weighted by Gasteiger charge is 2.28. The Bertz CT molecular complexity index is 902. The van der Waals surface area contributed by atoms with Gasteiger partial charge in [0.25, 0.3) is 5.91 Å². The molecule has 7 nitrogen and oxygen atoms in total. The Kier molecular flexibility index (Phi) is 5.53. The van der Waals surface area contributed by atoms with Gasteiger partial charge in [-0.15, -0.1) is 0 Å². The van der Waals surface area contributed by atoms with E-state index in [1.807, 2.05) is 54.3 Å². The summed E-state index contributed by atoms with van der Waals surface area (Å²) in [7, 11) is 0. The van der Waals surface area contributed by atoms with Gasteiger partial charge in [0.15, 0.2) is 0 Å². The maximum atomic E-state index is 12.7. The highest BCUT2D eigenvalue weighted by Crippen LogP contribution is 2.29. The number of piperidine rings is 1. The fraction of sp³-hybridized carbons (Fsp3) is 0.381. The van der Waals surface area contributed by atoms with Crippen molar-refractivity contribution < 1.29 is 4.79 Å². The van der Waals surface area contributed by atoms with Gasteiger partial charge in [-0.3, -0.25) is 9.69 Å². The van der Waals surface area contributed by atoms with Crippen LogP contribution in [0.1, 0.15) is 47.6 Å². The summed E-state index contributed by atoms with van der Waals surface area (Å²) < 4.78 is 1.82. The summed E-state index contributed by atoms with van der Waals surface area (Å²) in [5.41, 5.74) is 2.53. The zero-order chi connectivity index (χ0) is 19.3. The topological polar surface area (TPSA) is 78.8 Å². The van der Waals surface area contributed by atoms with Gasteiger partial charge in [0.2, 0.25) is 0 Å². The Morgan fingerprint density at radius 2 is 2.18 bits per heavy atom. The van der Waals surface area contributed by atoms with Gasteiger partial charge in [0.1, 0.15) is 5.82 Å². The Balaban J connectivity index is 1.61. The van der Waals surface area contributed by atoms with Crippen LogP contribution in [0.4, 0.5) is 0 Å². The number of nitrogens with zero attached hydrogens (tertiary/aromatic N) is 4. The van der Waals surface area contributed by atoms with E-state index in [-0.39, 0.29) is 11.8 Å². The van der Waals surface area contributed by atoms with Crippen LogP contribution in [0.25, 0.3) is 5.69 Å². The molecule has 1 amide bonds. The number of carbonyl (C=O) groups is 1. The van der Waals surface area contributed by atoms with Crippen molar-refractivity contribution in [1.29, 1.82) is 0 Å². The van der Waals surface area contributed by atoms with Crippen LogP contribution in [-0.2, 0) is 6.54 Å².